The molecule has 35 heavy (non-hydrogen) atoms. The molecular formula is C26H34ClF2NO3SSi. The van der Waals surface area contributed by atoms with E-state index in [4.69, 9.17) is 16.0 Å². The Morgan fingerprint density at radius 1 is 1.11 bits per heavy atom. The van der Waals surface area contributed by atoms with Gasteiger partial charge in [0.15, 0.2) is 8.32 Å². The Kier molecular flexibility index (Phi) is 8.33. The van der Waals surface area contributed by atoms with Crippen LogP contribution in [0.15, 0.2) is 59.5 Å². The highest BCUT2D eigenvalue weighted by molar-refractivity contribution is 7.89. The first-order valence-corrected chi connectivity index (χ1v) is 16.4. The molecule has 2 aromatic carbocycles. The lowest BCUT2D eigenvalue weighted by Gasteiger charge is -2.43. The highest BCUT2D eigenvalue weighted by Crippen LogP contribution is 2.42. The Bertz CT molecular complexity index is 1160. The monoisotopic (exact) mass is 541 g/mol. The lowest BCUT2D eigenvalue weighted by atomic mass is 9.90. The Morgan fingerprint density at radius 3 is 2.23 bits per heavy atom. The summed E-state index contributed by atoms with van der Waals surface area (Å²) >= 11 is 5.99. The van der Waals surface area contributed by atoms with Crippen LogP contribution in [0.25, 0.3) is 0 Å². The van der Waals surface area contributed by atoms with Crippen LogP contribution in [0.3, 0.4) is 0 Å². The van der Waals surface area contributed by atoms with Crippen molar-refractivity contribution in [2.75, 3.05) is 6.61 Å². The van der Waals surface area contributed by atoms with E-state index >= 15 is 0 Å². The molecule has 0 aliphatic carbocycles. The van der Waals surface area contributed by atoms with Crippen LogP contribution in [-0.2, 0) is 14.4 Å². The van der Waals surface area contributed by atoms with Crippen molar-refractivity contribution in [2.45, 2.75) is 75.1 Å². The quantitative estimate of drug-likeness (QED) is 0.269. The SMILES string of the molecule is C=C(CO[Si](C)(C)C(C)(C)C)[C@@H]1CCC[C@H](c2cc(F)cc(F)c2)N1S(=O)(=O)c1ccc(Cl)cc1. The molecule has 0 N–H and O–H groups in total. The van der Waals surface area contributed by atoms with Crippen LogP contribution in [0, 0.1) is 11.6 Å². The summed E-state index contributed by atoms with van der Waals surface area (Å²) in [5, 5.41) is 0.395. The Morgan fingerprint density at radius 2 is 1.69 bits per heavy atom. The zero-order valence-corrected chi connectivity index (χ0v) is 23.5. The predicted octanol–water partition coefficient (Wildman–Crippen LogP) is 7.48. The molecule has 4 nitrogen and oxygen atoms in total. The van der Waals surface area contributed by atoms with Gasteiger partial charge in [-0.2, -0.15) is 4.31 Å². The van der Waals surface area contributed by atoms with E-state index in [1.807, 2.05) is 0 Å². The maximum atomic E-state index is 14.1. The van der Waals surface area contributed by atoms with Crippen LogP contribution in [0.4, 0.5) is 8.78 Å². The number of rotatable bonds is 7. The van der Waals surface area contributed by atoms with Gasteiger partial charge in [0.1, 0.15) is 11.6 Å². The summed E-state index contributed by atoms with van der Waals surface area (Å²) in [4.78, 5) is 0.0637. The van der Waals surface area contributed by atoms with Crippen molar-refractivity contribution in [3.63, 3.8) is 0 Å². The van der Waals surface area contributed by atoms with Crippen LogP contribution >= 0.6 is 11.6 Å². The molecule has 0 saturated carbocycles. The maximum Gasteiger partial charge on any atom is 0.244 e. The summed E-state index contributed by atoms with van der Waals surface area (Å²) in [6.07, 6.45) is 1.66. The summed E-state index contributed by atoms with van der Waals surface area (Å²) in [6, 6.07) is 7.79. The van der Waals surface area contributed by atoms with E-state index in [0.29, 0.717) is 29.9 Å². The second kappa shape index (κ2) is 10.4. The van der Waals surface area contributed by atoms with Gasteiger partial charge in [-0.15, -0.1) is 0 Å². The van der Waals surface area contributed by atoms with Gasteiger partial charge in [0, 0.05) is 17.1 Å². The van der Waals surface area contributed by atoms with Gasteiger partial charge in [-0.05, 0) is 84.9 Å². The molecule has 3 rings (SSSR count). The summed E-state index contributed by atoms with van der Waals surface area (Å²) < 4.78 is 63.9. The molecule has 0 unspecified atom stereocenters. The highest BCUT2D eigenvalue weighted by atomic mass is 35.5. The van der Waals surface area contributed by atoms with Gasteiger partial charge < -0.3 is 4.43 Å². The van der Waals surface area contributed by atoms with Gasteiger partial charge in [-0.3, -0.25) is 0 Å². The summed E-state index contributed by atoms with van der Waals surface area (Å²) in [5.41, 5.74) is 0.914. The molecule has 1 aliphatic rings. The first-order chi connectivity index (χ1) is 16.1. The third kappa shape index (κ3) is 6.22. The van der Waals surface area contributed by atoms with Gasteiger partial charge in [0.05, 0.1) is 17.5 Å². The van der Waals surface area contributed by atoms with Crippen molar-refractivity contribution in [1.82, 2.24) is 4.31 Å². The smallest absolute Gasteiger partial charge is 0.244 e. The summed E-state index contributed by atoms with van der Waals surface area (Å²) in [5.74, 6) is -1.49. The van der Waals surface area contributed by atoms with Crippen molar-refractivity contribution in [3.8, 4) is 0 Å². The second-order valence-corrected chi connectivity index (χ2v) is 17.8. The summed E-state index contributed by atoms with van der Waals surface area (Å²) in [6.45, 7) is 15.1. The van der Waals surface area contributed by atoms with Gasteiger partial charge in [0.2, 0.25) is 10.0 Å². The van der Waals surface area contributed by atoms with Crippen LogP contribution in [-0.4, -0.2) is 33.7 Å². The first kappa shape index (κ1) is 28.0. The lowest BCUT2D eigenvalue weighted by Crippen LogP contribution is -2.48. The predicted molar refractivity (Wildman–Crippen MR) is 140 cm³/mol. The van der Waals surface area contributed by atoms with E-state index in [9.17, 15) is 17.2 Å². The zero-order valence-electron chi connectivity index (χ0n) is 20.9. The third-order valence-corrected chi connectivity index (χ3v) is 13.8. The van der Waals surface area contributed by atoms with Gasteiger partial charge >= 0.3 is 0 Å². The van der Waals surface area contributed by atoms with Crippen LogP contribution < -0.4 is 0 Å². The van der Waals surface area contributed by atoms with Crippen molar-refractivity contribution in [1.29, 1.82) is 0 Å². The number of halogens is 3. The van der Waals surface area contributed by atoms with E-state index in [0.717, 1.165) is 6.07 Å². The molecule has 0 bridgehead atoms. The highest BCUT2D eigenvalue weighted by Gasteiger charge is 2.43. The number of hydrogen-bond acceptors (Lipinski definition) is 3. The molecule has 9 heteroatoms. The minimum atomic E-state index is -4.05. The normalized spacial score (nSPS) is 20.1. The fourth-order valence-electron chi connectivity index (χ4n) is 4.09. The lowest BCUT2D eigenvalue weighted by molar-refractivity contribution is 0.188. The molecule has 0 spiro atoms. The zero-order chi connectivity index (χ0) is 26.2. The molecule has 2 aromatic rings. The van der Waals surface area contributed by atoms with Gasteiger partial charge in [-0.1, -0.05) is 39.0 Å². The summed E-state index contributed by atoms with van der Waals surface area (Å²) in [7, 11) is -6.16. The topological polar surface area (TPSA) is 46.6 Å². The van der Waals surface area contributed by atoms with E-state index in [2.05, 4.69) is 40.4 Å². The van der Waals surface area contributed by atoms with Gasteiger partial charge in [0.25, 0.3) is 0 Å². The van der Waals surface area contributed by atoms with Crippen molar-refractivity contribution >= 4 is 29.9 Å². The first-order valence-electron chi connectivity index (χ1n) is 11.7. The number of piperidine rings is 1. The minimum Gasteiger partial charge on any atom is -0.413 e. The molecule has 1 heterocycles. The fourth-order valence-corrected chi connectivity index (χ4v) is 7.07. The van der Waals surface area contributed by atoms with Crippen LogP contribution in [0.2, 0.25) is 23.2 Å². The molecule has 0 radical (unpaired) electrons. The molecule has 0 amide bonds. The Hall–Kier alpha value is -1.58. The molecule has 1 fully saturated rings. The fraction of sp³-hybridized carbons (Fsp3) is 0.462. The molecule has 0 aromatic heterocycles. The van der Waals surface area contributed by atoms with E-state index < -0.39 is 42.1 Å². The van der Waals surface area contributed by atoms with Gasteiger partial charge in [-0.25, -0.2) is 17.2 Å². The second-order valence-electron chi connectivity index (χ2n) is 10.7. The molecule has 1 aliphatic heterocycles. The standard InChI is InChI=1S/C26H34ClF2NO3SSi/c1-18(17-33-35(5,6)26(2,3)4)24-8-7-9-25(19-14-21(28)16-22(29)15-19)30(24)34(31,32)23-12-10-20(27)11-13-23/h10-16,24-25H,1,7-9,17H2,2-6H3/t24-,25+/m0/s1. The average molecular weight is 542 g/mol. The third-order valence-electron chi connectivity index (χ3n) is 7.12. The molecule has 1 saturated heterocycles. The molecular weight excluding hydrogens is 508 g/mol. The Balaban J connectivity index is 2.04. The number of nitrogens with zero attached hydrogens (tertiary/aromatic N) is 1. The van der Waals surface area contributed by atoms with Crippen molar-refractivity contribution in [2.24, 2.45) is 0 Å². The van der Waals surface area contributed by atoms with Crippen LogP contribution in [0.5, 0.6) is 0 Å². The number of benzene rings is 2. The molecule has 192 valence electrons. The maximum absolute atomic E-state index is 14.1. The number of hydrogen-bond donors (Lipinski definition) is 0. The van der Waals surface area contributed by atoms with E-state index in [1.54, 1.807) is 0 Å². The van der Waals surface area contributed by atoms with E-state index in [1.165, 1.54) is 40.7 Å². The van der Waals surface area contributed by atoms with Crippen LogP contribution in [0.1, 0.15) is 51.6 Å². The minimum absolute atomic E-state index is 0.0173. The molecule has 2 atom stereocenters. The number of sulfonamides is 1. The average Bonchev–Trinajstić information content (AvgIpc) is 2.76. The van der Waals surface area contributed by atoms with Crippen molar-refractivity contribution in [3.05, 3.63) is 76.8 Å². The largest absolute Gasteiger partial charge is 0.413 e. The van der Waals surface area contributed by atoms with Crippen molar-refractivity contribution < 1.29 is 21.6 Å². The van der Waals surface area contributed by atoms with E-state index in [-0.39, 0.29) is 22.1 Å². The Labute approximate surface area is 214 Å².